The van der Waals surface area contributed by atoms with Crippen molar-refractivity contribution in [3.63, 3.8) is 0 Å². The zero-order valence-electron chi connectivity index (χ0n) is 14.6. The number of amides is 1. The lowest BCUT2D eigenvalue weighted by atomic mass is 10.1. The molecule has 6 nitrogen and oxygen atoms in total. The fraction of sp³-hybridized carbons (Fsp3) is 0.438. The van der Waals surface area contributed by atoms with Crippen LogP contribution in [-0.4, -0.2) is 38.7 Å². The first-order chi connectivity index (χ1) is 13.5. The topological polar surface area (TPSA) is 63.1 Å². The Hall–Kier alpha value is -2.70. The second-order valence-corrected chi connectivity index (χ2v) is 6.31. The van der Waals surface area contributed by atoms with E-state index in [2.05, 4.69) is 15.5 Å². The molecule has 0 fully saturated rings. The summed E-state index contributed by atoms with van der Waals surface area (Å²) in [5, 5.41) is 9.19. The molecule has 0 unspecified atom stereocenters. The Morgan fingerprint density at radius 2 is 1.79 bits per heavy atom. The van der Waals surface area contributed by atoms with Gasteiger partial charge in [0.2, 0.25) is 11.7 Å². The van der Waals surface area contributed by atoms with Gasteiger partial charge in [0, 0.05) is 25.2 Å². The van der Waals surface area contributed by atoms with E-state index >= 15 is 0 Å². The van der Waals surface area contributed by atoms with Gasteiger partial charge in [-0.3, -0.25) is 4.79 Å². The minimum absolute atomic E-state index is 0.00325. The summed E-state index contributed by atoms with van der Waals surface area (Å²) in [6.45, 7) is -0.767. The highest BCUT2D eigenvalue weighted by atomic mass is 19.4. The van der Waals surface area contributed by atoms with Crippen LogP contribution < -0.4 is 5.32 Å². The number of carbonyl (C=O) groups excluding carboxylic acids is 1. The van der Waals surface area contributed by atoms with E-state index in [-0.39, 0.29) is 44.1 Å². The molecule has 1 aromatic heterocycles. The average molecular weight is 425 g/mol. The average Bonchev–Trinajstić information content (AvgIpc) is 3.05. The number of aromatic nitrogens is 3. The molecule has 0 saturated heterocycles. The summed E-state index contributed by atoms with van der Waals surface area (Å²) in [5.41, 5.74) is -1.18. The molecule has 2 aromatic rings. The number of nitrogens with one attached hydrogen (secondary N) is 1. The summed E-state index contributed by atoms with van der Waals surface area (Å²) in [5.74, 6) is -2.67. The van der Waals surface area contributed by atoms with Gasteiger partial charge in [0.05, 0.1) is 18.7 Å². The van der Waals surface area contributed by atoms with Gasteiger partial charge in [-0.15, -0.1) is 10.2 Å². The van der Waals surface area contributed by atoms with Crippen molar-refractivity contribution in [1.29, 1.82) is 0 Å². The second kappa shape index (κ2) is 7.61. The van der Waals surface area contributed by atoms with Gasteiger partial charge in [-0.25, -0.2) is 4.39 Å². The van der Waals surface area contributed by atoms with Gasteiger partial charge in [0.1, 0.15) is 5.82 Å². The van der Waals surface area contributed by atoms with Crippen LogP contribution in [0.3, 0.4) is 0 Å². The highest BCUT2D eigenvalue weighted by Gasteiger charge is 2.39. The molecular weight excluding hydrogens is 411 g/mol. The van der Waals surface area contributed by atoms with Crippen molar-refractivity contribution < 1.29 is 35.5 Å². The molecule has 1 aliphatic rings. The summed E-state index contributed by atoms with van der Waals surface area (Å²) in [6, 6.07) is 2.07. The molecule has 0 saturated carbocycles. The molecule has 0 atom stereocenters. The second-order valence-electron chi connectivity index (χ2n) is 6.31. The van der Waals surface area contributed by atoms with Gasteiger partial charge in [-0.2, -0.15) is 26.3 Å². The van der Waals surface area contributed by atoms with Gasteiger partial charge in [-0.1, -0.05) is 6.07 Å². The third-order valence-electron chi connectivity index (χ3n) is 4.33. The summed E-state index contributed by atoms with van der Waals surface area (Å²) in [6.07, 6.45) is -9.31. The van der Waals surface area contributed by atoms with Crippen molar-refractivity contribution in [1.82, 2.24) is 25.0 Å². The number of fused-ring (bicyclic) bond motifs is 1. The Balaban J connectivity index is 1.55. The number of benzene rings is 1. The standard InChI is InChI=1S/C16H14F7N5O/c17-11-5-10(15(18,19)20)2-1-9(11)6-24-7-13(29)27-3-4-28-12(8-27)25-26-14(28)16(21,22)23/h1-2,5,24H,3-4,6-8H2. The Bertz CT molecular complexity index is 906. The molecule has 0 spiro atoms. The number of carbonyl (C=O) groups is 1. The third-order valence-corrected chi connectivity index (χ3v) is 4.33. The number of nitrogens with zero attached hydrogens (tertiary/aromatic N) is 4. The zero-order chi connectivity index (χ0) is 21.4. The van der Waals surface area contributed by atoms with Crippen LogP contribution in [0.25, 0.3) is 0 Å². The van der Waals surface area contributed by atoms with E-state index < -0.39 is 35.5 Å². The number of halogens is 7. The van der Waals surface area contributed by atoms with Crippen LogP contribution in [0.15, 0.2) is 18.2 Å². The molecule has 158 valence electrons. The molecule has 1 aromatic carbocycles. The van der Waals surface area contributed by atoms with Gasteiger partial charge in [0.25, 0.3) is 0 Å². The third kappa shape index (κ3) is 4.66. The number of hydrogen-bond donors (Lipinski definition) is 1. The highest BCUT2D eigenvalue weighted by molar-refractivity contribution is 5.78. The molecule has 0 aliphatic carbocycles. The SMILES string of the molecule is O=C(CNCc1ccc(C(F)(F)F)cc1F)N1CCn2c(nnc2C(F)(F)F)C1. The fourth-order valence-corrected chi connectivity index (χ4v) is 2.86. The Labute approximate surface area is 159 Å². The molecule has 2 heterocycles. The first-order valence-corrected chi connectivity index (χ1v) is 8.30. The first kappa shape index (κ1) is 21.0. The zero-order valence-corrected chi connectivity index (χ0v) is 14.6. The van der Waals surface area contributed by atoms with Crippen LogP contribution in [0.4, 0.5) is 30.7 Å². The van der Waals surface area contributed by atoms with Crippen LogP contribution in [0, 0.1) is 5.82 Å². The maximum absolute atomic E-state index is 13.8. The quantitative estimate of drug-likeness (QED) is 0.766. The molecule has 3 rings (SSSR count). The largest absolute Gasteiger partial charge is 0.451 e. The van der Waals surface area contributed by atoms with E-state index in [1.165, 1.54) is 4.90 Å². The molecule has 13 heteroatoms. The lowest BCUT2D eigenvalue weighted by Crippen LogP contribution is -2.43. The number of rotatable bonds is 4. The van der Waals surface area contributed by atoms with E-state index in [0.717, 1.165) is 16.7 Å². The van der Waals surface area contributed by atoms with Crippen molar-refractivity contribution in [2.45, 2.75) is 32.0 Å². The summed E-state index contributed by atoms with van der Waals surface area (Å²) >= 11 is 0. The molecule has 0 bridgehead atoms. The van der Waals surface area contributed by atoms with E-state index in [1.807, 2.05) is 0 Å². The van der Waals surface area contributed by atoms with E-state index in [0.29, 0.717) is 6.07 Å². The monoisotopic (exact) mass is 425 g/mol. The molecule has 29 heavy (non-hydrogen) atoms. The smallest absolute Gasteiger partial charge is 0.332 e. The van der Waals surface area contributed by atoms with Crippen LogP contribution in [0.5, 0.6) is 0 Å². The van der Waals surface area contributed by atoms with Gasteiger partial charge in [0.15, 0.2) is 5.82 Å². The van der Waals surface area contributed by atoms with Crippen molar-refractivity contribution >= 4 is 5.91 Å². The summed E-state index contributed by atoms with van der Waals surface area (Å²) < 4.78 is 90.7. The Kier molecular flexibility index (Phi) is 5.52. The van der Waals surface area contributed by atoms with Crippen molar-refractivity contribution in [3.8, 4) is 0 Å². The van der Waals surface area contributed by atoms with Crippen LogP contribution in [0.2, 0.25) is 0 Å². The molecular formula is C16H14F7N5O. The molecule has 0 radical (unpaired) electrons. The minimum atomic E-state index is -4.66. The van der Waals surface area contributed by atoms with Gasteiger partial charge in [-0.05, 0) is 12.1 Å². The maximum atomic E-state index is 13.8. The summed E-state index contributed by atoms with van der Waals surface area (Å²) in [4.78, 5) is 13.5. The predicted octanol–water partition coefficient (Wildman–Crippen LogP) is 2.59. The first-order valence-electron chi connectivity index (χ1n) is 8.30. The number of hydrogen-bond acceptors (Lipinski definition) is 4. The van der Waals surface area contributed by atoms with Crippen molar-refractivity contribution in [3.05, 3.63) is 46.8 Å². The van der Waals surface area contributed by atoms with Crippen molar-refractivity contribution in [2.75, 3.05) is 13.1 Å². The molecule has 1 N–H and O–H groups in total. The Morgan fingerprint density at radius 3 is 2.41 bits per heavy atom. The minimum Gasteiger partial charge on any atom is -0.332 e. The van der Waals surface area contributed by atoms with E-state index in [4.69, 9.17) is 0 Å². The lowest BCUT2D eigenvalue weighted by Gasteiger charge is -2.28. The lowest BCUT2D eigenvalue weighted by molar-refractivity contribution is -0.148. The van der Waals surface area contributed by atoms with Crippen molar-refractivity contribution in [2.24, 2.45) is 0 Å². The van der Waals surface area contributed by atoms with Gasteiger partial charge >= 0.3 is 12.4 Å². The predicted molar refractivity (Wildman–Crippen MR) is 83.5 cm³/mol. The van der Waals surface area contributed by atoms with Crippen LogP contribution >= 0.6 is 0 Å². The van der Waals surface area contributed by atoms with Crippen LogP contribution in [-0.2, 0) is 36.8 Å². The number of alkyl halides is 6. The fourth-order valence-electron chi connectivity index (χ4n) is 2.86. The Morgan fingerprint density at radius 1 is 1.07 bits per heavy atom. The van der Waals surface area contributed by atoms with Crippen LogP contribution in [0.1, 0.15) is 22.8 Å². The highest BCUT2D eigenvalue weighted by Crippen LogP contribution is 2.30. The maximum Gasteiger partial charge on any atom is 0.451 e. The van der Waals surface area contributed by atoms with Gasteiger partial charge < -0.3 is 14.8 Å². The summed E-state index contributed by atoms with van der Waals surface area (Å²) in [7, 11) is 0. The van der Waals surface area contributed by atoms with E-state index in [1.54, 1.807) is 0 Å². The molecule has 1 amide bonds. The molecule has 1 aliphatic heterocycles. The normalized spacial score (nSPS) is 14.8. The van der Waals surface area contributed by atoms with E-state index in [9.17, 15) is 35.5 Å².